The van der Waals surface area contributed by atoms with Crippen molar-refractivity contribution in [1.29, 1.82) is 0 Å². The van der Waals surface area contributed by atoms with Gasteiger partial charge in [0.1, 0.15) is 18.0 Å². The smallest absolute Gasteiger partial charge is 0.351 e. The zero-order valence-corrected chi connectivity index (χ0v) is 20.6. The van der Waals surface area contributed by atoms with Crippen molar-refractivity contribution in [2.75, 3.05) is 44.6 Å². The number of aliphatic hydroxyl groups is 2. The van der Waals surface area contributed by atoms with Crippen molar-refractivity contribution in [3.05, 3.63) is 22.7 Å². The Bertz CT molecular complexity index is 796. The van der Waals surface area contributed by atoms with Gasteiger partial charge in [0.2, 0.25) is 5.91 Å². The van der Waals surface area contributed by atoms with Crippen molar-refractivity contribution in [1.82, 2.24) is 14.9 Å². The second-order valence-corrected chi connectivity index (χ2v) is 11.0. The molecule has 0 saturated carbocycles. The summed E-state index contributed by atoms with van der Waals surface area (Å²) in [5.74, 6) is 0.432. The Kier molecular flexibility index (Phi) is 12.0. The molecular formula is C20H34N4O7S2. The summed E-state index contributed by atoms with van der Waals surface area (Å²) in [6.07, 6.45) is 1.51. The molecule has 0 bridgehead atoms. The van der Waals surface area contributed by atoms with E-state index in [-0.39, 0.29) is 61.5 Å². The van der Waals surface area contributed by atoms with Crippen LogP contribution in [0.3, 0.4) is 0 Å². The molecule has 0 spiro atoms. The van der Waals surface area contributed by atoms with E-state index in [9.17, 15) is 14.7 Å². The van der Waals surface area contributed by atoms with Crippen LogP contribution in [0.4, 0.5) is 5.82 Å². The molecule has 13 heteroatoms. The van der Waals surface area contributed by atoms with Crippen LogP contribution in [-0.4, -0.2) is 81.5 Å². The summed E-state index contributed by atoms with van der Waals surface area (Å²) in [6, 6.07) is 1.54. The van der Waals surface area contributed by atoms with E-state index >= 15 is 0 Å². The number of nitrogens with two attached hydrogens (primary N) is 1. The molecule has 188 valence electrons. The van der Waals surface area contributed by atoms with Crippen LogP contribution >= 0.6 is 21.6 Å². The molecule has 0 aliphatic carbocycles. The van der Waals surface area contributed by atoms with Crippen LogP contribution in [0.2, 0.25) is 0 Å². The first-order valence-corrected chi connectivity index (χ1v) is 13.1. The molecule has 33 heavy (non-hydrogen) atoms. The van der Waals surface area contributed by atoms with Gasteiger partial charge in [-0.05, 0) is 26.3 Å². The van der Waals surface area contributed by atoms with Crippen molar-refractivity contribution in [2.45, 2.75) is 56.3 Å². The Morgan fingerprint density at radius 2 is 2.18 bits per heavy atom. The van der Waals surface area contributed by atoms with Crippen LogP contribution < -0.4 is 16.7 Å². The molecule has 11 nitrogen and oxygen atoms in total. The van der Waals surface area contributed by atoms with Gasteiger partial charge in [-0.2, -0.15) is 4.98 Å². The van der Waals surface area contributed by atoms with Crippen LogP contribution in [0.15, 0.2) is 17.1 Å². The fourth-order valence-electron chi connectivity index (χ4n) is 3.14. The lowest BCUT2D eigenvalue weighted by atomic mass is 10.1. The summed E-state index contributed by atoms with van der Waals surface area (Å²) in [7, 11) is 3.12. The molecule has 1 saturated heterocycles. The first-order chi connectivity index (χ1) is 15.8. The highest BCUT2D eigenvalue weighted by Gasteiger charge is 2.37. The van der Waals surface area contributed by atoms with Gasteiger partial charge in [0.15, 0.2) is 0 Å². The fourth-order valence-corrected chi connectivity index (χ4v) is 5.31. The number of aliphatic hydroxyl groups excluding tert-OH is 2. The predicted octanol–water partition coefficient (Wildman–Crippen LogP) is 0.513. The molecule has 5 N–H and O–H groups in total. The van der Waals surface area contributed by atoms with Crippen molar-refractivity contribution < 1.29 is 29.2 Å². The molecule has 2 rings (SSSR count). The van der Waals surface area contributed by atoms with E-state index in [1.165, 1.54) is 21.4 Å². The largest absolute Gasteiger partial charge is 0.396 e. The number of hydrogen-bond donors (Lipinski definition) is 4. The second kappa shape index (κ2) is 14.1. The van der Waals surface area contributed by atoms with Crippen LogP contribution in [-0.2, 0) is 19.0 Å². The van der Waals surface area contributed by atoms with Gasteiger partial charge in [-0.15, -0.1) is 0 Å². The van der Waals surface area contributed by atoms with Gasteiger partial charge in [-0.1, -0.05) is 21.6 Å². The van der Waals surface area contributed by atoms with Crippen LogP contribution in [0.25, 0.3) is 0 Å². The lowest BCUT2D eigenvalue weighted by Gasteiger charge is -2.24. The molecule has 1 aliphatic rings. The van der Waals surface area contributed by atoms with Crippen molar-refractivity contribution in [2.24, 2.45) is 0 Å². The Labute approximate surface area is 201 Å². The fraction of sp³-hybridized carbons (Fsp3) is 0.750. The van der Waals surface area contributed by atoms with E-state index in [4.69, 9.17) is 25.1 Å². The maximum atomic E-state index is 12.1. The summed E-state index contributed by atoms with van der Waals surface area (Å²) in [5.41, 5.74) is 5.06. The molecule has 1 unspecified atom stereocenters. The number of carbonyl (C=O) groups is 1. The molecule has 1 fully saturated rings. The standard InChI is InChI=1S/C20H34N4O7S2/c1-20(2,12-22-17(27)5-9-29-10-8-26)33-32-13-30-15-11-18(31-14(15)4-7-25)24-6-3-16(21)23-19(24)28/h3,6,14-15,18,25-26H,4-5,7-13H2,1-2H3,(H,22,27)(H2,21,23,28)/t14?,15-,18-/m1/s1. The zero-order chi connectivity index (χ0) is 24.3. The number of anilines is 1. The number of hydrogen-bond acceptors (Lipinski definition) is 11. The first kappa shape index (κ1) is 27.9. The van der Waals surface area contributed by atoms with Crippen LogP contribution in [0, 0.1) is 0 Å². The molecule has 1 aromatic heterocycles. The number of rotatable bonds is 15. The lowest BCUT2D eigenvalue weighted by molar-refractivity contribution is -0.122. The molecule has 0 radical (unpaired) electrons. The molecule has 1 amide bonds. The lowest BCUT2D eigenvalue weighted by Crippen LogP contribution is -2.36. The van der Waals surface area contributed by atoms with Crippen molar-refractivity contribution >= 4 is 33.3 Å². The third-order valence-corrected chi connectivity index (χ3v) is 7.73. The molecule has 1 aliphatic heterocycles. The summed E-state index contributed by atoms with van der Waals surface area (Å²) < 4.78 is 18.2. The Hall–Kier alpha value is -1.35. The van der Waals surface area contributed by atoms with E-state index in [0.717, 1.165) is 0 Å². The molecule has 1 aromatic rings. The van der Waals surface area contributed by atoms with Gasteiger partial charge in [0.05, 0.1) is 32.0 Å². The average Bonchev–Trinajstić information content (AvgIpc) is 3.15. The highest BCUT2D eigenvalue weighted by atomic mass is 33.1. The van der Waals surface area contributed by atoms with E-state index in [0.29, 0.717) is 25.3 Å². The SMILES string of the molecule is CC(C)(CNC(=O)CCOCCO)SSCO[C@@H]1C[C@H](n2ccc(N)nc2=O)OC1CCO. The number of amides is 1. The average molecular weight is 507 g/mol. The zero-order valence-electron chi connectivity index (χ0n) is 19.0. The number of nitrogens with one attached hydrogen (secondary N) is 1. The van der Waals surface area contributed by atoms with Crippen LogP contribution in [0.1, 0.15) is 39.3 Å². The quantitative estimate of drug-likeness (QED) is 0.149. The van der Waals surface area contributed by atoms with Gasteiger partial charge in [-0.3, -0.25) is 9.36 Å². The van der Waals surface area contributed by atoms with Gasteiger partial charge in [0, 0.05) is 36.9 Å². The van der Waals surface area contributed by atoms with Gasteiger partial charge in [0.25, 0.3) is 0 Å². The summed E-state index contributed by atoms with van der Waals surface area (Å²) in [6.45, 7) is 4.93. The Balaban J connectivity index is 1.75. The number of nitrogens with zero attached hydrogens (tertiary/aromatic N) is 2. The Morgan fingerprint density at radius 3 is 2.88 bits per heavy atom. The maximum Gasteiger partial charge on any atom is 0.351 e. The number of aromatic nitrogens is 2. The van der Waals surface area contributed by atoms with Gasteiger partial charge >= 0.3 is 5.69 Å². The third kappa shape index (κ3) is 9.81. The third-order valence-electron chi connectivity index (χ3n) is 4.79. The molecule has 3 atom stereocenters. The summed E-state index contributed by atoms with van der Waals surface area (Å²) >= 11 is 0. The second-order valence-electron chi connectivity index (χ2n) is 8.07. The normalized spacial score (nSPS) is 20.8. The minimum absolute atomic E-state index is 0.0498. The van der Waals surface area contributed by atoms with E-state index in [1.807, 2.05) is 13.8 Å². The van der Waals surface area contributed by atoms with E-state index in [2.05, 4.69) is 10.3 Å². The van der Waals surface area contributed by atoms with E-state index < -0.39 is 11.9 Å². The minimum atomic E-state index is -0.530. The maximum absolute atomic E-state index is 12.1. The van der Waals surface area contributed by atoms with Crippen molar-refractivity contribution in [3.63, 3.8) is 0 Å². The molecule has 0 aromatic carbocycles. The van der Waals surface area contributed by atoms with Crippen LogP contribution in [0.5, 0.6) is 0 Å². The highest BCUT2D eigenvalue weighted by Crippen LogP contribution is 2.37. The number of ether oxygens (including phenoxy) is 3. The molecule has 2 heterocycles. The first-order valence-electron chi connectivity index (χ1n) is 10.7. The summed E-state index contributed by atoms with van der Waals surface area (Å²) in [4.78, 5) is 27.7. The van der Waals surface area contributed by atoms with E-state index in [1.54, 1.807) is 17.0 Å². The molecular weight excluding hydrogens is 472 g/mol. The minimum Gasteiger partial charge on any atom is -0.396 e. The predicted molar refractivity (Wildman–Crippen MR) is 128 cm³/mol. The number of nitrogen functional groups attached to an aromatic ring is 1. The summed E-state index contributed by atoms with van der Waals surface area (Å²) in [5, 5.41) is 20.9. The number of carbonyl (C=O) groups excluding carboxylic acids is 1. The van der Waals surface area contributed by atoms with Gasteiger partial charge in [-0.25, -0.2) is 4.79 Å². The topological polar surface area (TPSA) is 158 Å². The monoisotopic (exact) mass is 506 g/mol. The van der Waals surface area contributed by atoms with Gasteiger partial charge < -0.3 is 35.5 Å². The Morgan fingerprint density at radius 1 is 1.39 bits per heavy atom. The van der Waals surface area contributed by atoms with Crippen molar-refractivity contribution in [3.8, 4) is 0 Å². The highest BCUT2D eigenvalue weighted by molar-refractivity contribution is 8.77.